The quantitative estimate of drug-likeness (QED) is 0.318. The average Bonchev–Trinajstić information content (AvgIpc) is 3.21. The number of aromatic nitrogens is 6. The lowest BCUT2D eigenvalue weighted by atomic mass is 10.2. The summed E-state index contributed by atoms with van der Waals surface area (Å²) < 4.78 is 2.12. The molecule has 5 aromatic rings. The maximum absolute atomic E-state index is 10.1. The van der Waals surface area contributed by atoms with Crippen molar-refractivity contribution in [3.8, 4) is 22.9 Å². The third kappa shape index (κ3) is 2.05. The molecule has 0 fully saturated rings. The van der Waals surface area contributed by atoms with Crippen molar-refractivity contribution in [1.82, 2.24) is 29.8 Å². The maximum Gasteiger partial charge on any atom is 0.274 e. The van der Waals surface area contributed by atoms with Crippen LogP contribution >= 0.6 is 31.9 Å². The topological polar surface area (TPSA) is 112 Å². The molecule has 3 N–H and O–H groups in total. The first-order valence-corrected chi connectivity index (χ1v) is 9.03. The fraction of sp³-hybridized carbons (Fsp3) is 0. The lowest BCUT2D eigenvalue weighted by molar-refractivity contribution is 0.399. The largest absolute Gasteiger partial charge is 0.503 e. The highest BCUT2D eigenvalue weighted by molar-refractivity contribution is 9.11. The molecule has 0 bridgehead atoms. The lowest BCUT2D eigenvalue weighted by Crippen LogP contribution is -1.98. The van der Waals surface area contributed by atoms with E-state index >= 15 is 0 Å². The van der Waals surface area contributed by atoms with Crippen LogP contribution in [0.3, 0.4) is 0 Å². The van der Waals surface area contributed by atoms with Crippen LogP contribution in [0.5, 0.6) is 11.5 Å². The van der Waals surface area contributed by atoms with Crippen LogP contribution in [-0.2, 0) is 0 Å². The molecule has 0 atom stereocenters. The summed E-state index contributed by atoms with van der Waals surface area (Å²) in [5.74, 6) is 0.129. The zero-order chi connectivity index (χ0) is 18.0. The first kappa shape index (κ1) is 15.5. The summed E-state index contributed by atoms with van der Waals surface area (Å²) >= 11 is 6.51. The zero-order valence-electron chi connectivity index (χ0n) is 12.8. The van der Waals surface area contributed by atoms with E-state index in [-0.39, 0.29) is 16.0 Å². The number of nitrogens with one attached hydrogen (secondary N) is 1. The molecule has 0 radical (unpaired) electrons. The second-order valence-electron chi connectivity index (χ2n) is 5.63. The molecular weight excluding hydrogens is 468 g/mol. The first-order valence-electron chi connectivity index (χ1n) is 7.45. The van der Waals surface area contributed by atoms with E-state index in [4.69, 9.17) is 0 Å². The summed E-state index contributed by atoms with van der Waals surface area (Å²) in [6, 6.07) is 9.39. The summed E-state index contributed by atoms with van der Waals surface area (Å²) in [7, 11) is 0. The van der Waals surface area contributed by atoms with Crippen LogP contribution in [0, 0.1) is 0 Å². The second kappa shape index (κ2) is 5.39. The summed E-state index contributed by atoms with van der Waals surface area (Å²) in [5.41, 5.74) is 2.74. The molecule has 26 heavy (non-hydrogen) atoms. The molecule has 0 saturated carbocycles. The van der Waals surface area contributed by atoms with Gasteiger partial charge in [-0.05, 0) is 44.0 Å². The molecule has 3 heterocycles. The van der Waals surface area contributed by atoms with Crippen molar-refractivity contribution in [3.05, 3.63) is 39.3 Å². The Morgan fingerprint density at radius 3 is 2.69 bits per heavy atom. The van der Waals surface area contributed by atoms with Gasteiger partial charge in [-0.25, -0.2) is 0 Å². The number of hydrogen-bond donors (Lipinski definition) is 3. The van der Waals surface area contributed by atoms with Gasteiger partial charge in [0.1, 0.15) is 5.52 Å². The molecule has 0 aliphatic heterocycles. The summed E-state index contributed by atoms with van der Waals surface area (Å²) in [6.07, 6.45) is 0. The molecule has 128 valence electrons. The number of H-pyrrole nitrogens is 1. The van der Waals surface area contributed by atoms with Crippen LogP contribution in [-0.4, -0.2) is 40.0 Å². The van der Waals surface area contributed by atoms with Crippen molar-refractivity contribution >= 4 is 59.7 Å². The van der Waals surface area contributed by atoms with E-state index in [0.29, 0.717) is 32.8 Å². The molecule has 0 amide bonds. The molecule has 3 aromatic heterocycles. The van der Waals surface area contributed by atoms with Gasteiger partial charge in [0.15, 0.2) is 23.0 Å². The van der Waals surface area contributed by atoms with Crippen LogP contribution in [0.2, 0.25) is 0 Å². The predicted molar refractivity (Wildman–Crippen MR) is 102 cm³/mol. The van der Waals surface area contributed by atoms with Gasteiger partial charge in [-0.2, -0.15) is 14.6 Å². The molecule has 2 aromatic carbocycles. The van der Waals surface area contributed by atoms with E-state index in [1.807, 2.05) is 24.3 Å². The number of rotatable bonds is 1. The third-order valence-corrected chi connectivity index (χ3v) is 5.51. The Kier molecular flexibility index (Phi) is 3.22. The molecule has 0 aliphatic rings. The van der Waals surface area contributed by atoms with Crippen molar-refractivity contribution in [2.45, 2.75) is 0 Å². The van der Waals surface area contributed by atoms with Crippen LogP contribution in [0.1, 0.15) is 0 Å². The average molecular weight is 476 g/mol. The number of phenols is 2. The first-order chi connectivity index (χ1) is 12.5. The summed E-state index contributed by atoms with van der Waals surface area (Å²) in [4.78, 5) is 7.70. The van der Waals surface area contributed by atoms with Gasteiger partial charge < -0.3 is 15.2 Å². The number of aromatic amines is 1. The van der Waals surface area contributed by atoms with Gasteiger partial charge >= 0.3 is 0 Å². The lowest BCUT2D eigenvalue weighted by Gasteiger charge is -2.08. The number of benzene rings is 2. The van der Waals surface area contributed by atoms with Crippen LogP contribution in [0.4, 0.5) is 0 Å². The Morgan fingerprint density at radius 1 is 1.04 bits per heavy atom. The van der Waals surface area contributed by atoms with Crippen LogP contribution in [0.15, 0.2) is 39.3 Å². The van der Waals surface area contributed by atoms with Crippen molar-refractivity contribution < 1.29 is 10.2 Å². The standard InChI is InChI=1S/C16H8Br2N6O2/c17-8-5-7(10(18)13(26)12(8)25)15-21-22-16-20-14-11(23-24(15)16)6-3-1-2-4-9(6)19-14/h1-5,25-26H,(H,19,20,22). The van der Waals surface area contributed by atoms with Gasteiger partial charge in [-0.15, -0.1) is 10.2 Å². The minimum atomic E-state index is -0.299. The van der Waals surface area contributed by atoms with E-state index in [0.717, 1.165) is 10.9 Å². The number of aromatic hydroxyl groups is 2. The minimum Gasteiger partial charge on any atom is -0.503 e. The predicted octanol–water partition coefficient (Wildman–Crippen LogP) is 3.76. The van der Waals surface area contributed by atoms with Crippen molar-refractivity contribution in [1.29, 1.82) is 0 Å². The minimum absolute atomic E-state index is 0.264. The van der Waals surface area contributed by atoms with Gasteiger partial charge in [0.05, 0.1) is 8.95 Å². The number of halogens is 2. The molecule has 0 spiro atoms. The van der Waals surface area contributed by atoms with Gasteiger partial charge in [0.25, 0.3) is 5.78 Å². The van der Waals surface area contributed by atoms with Crippen molar-refractivity contribution in [2.75, 3.05) is 0 Å². The Morgan fingerprint density at radius 2 is 1.85 bits per heavy atom. The Bertz CT molecular complexity index is 1340. The fourth-order valence-electron chi connectivity index (χ4n) is 2.86. The number of phenolic OH excluding ortho intramolecular Hbond substituents is 2. The second-order valence-corrected chi connectivity index (χ2v) is 7.28. The summed E-state index contributed by atoms with van der Waals surface area (Å²) in [5, 5.41) is 33.8. The van der Waals surface area contributed by atoms with E-state index in [1.165, 1.54) is 4.52 Å². The molecule has 5 rings (SSSR count). The normalized spacial score (nSPS) is 11.8. The molecule has 0 unspecified atom stereocenters. The number of fused-ring (bicyclic) bond motifs is 4. The van der Waals surface area contributed by atoms with E-state index in [1.54, 1.807) is 6.07 Å². The van der Waals surface area contributed by atoms with E-state index < -0.39 is 0 Å². The van der Waals surface area contributed by atoms with Gasteiger partial charge in [-0.3, -0.25) is 0 Å². The molecule has 8 nitrogen and oxygen atoms in total. The molecule has 0 saturated heterocycles. The Balaban J connectivity index is 1.86. The monoisotopic (exact) mass is 474 g/mol. The molecule has 10 heteroatoms. The summed E-state index contributed by atoms with van der Waals surface area (Å²) in [6.45, 7) is 0. The van der Waals surface area contributed by atoms with Gasteiger partial charge in [0.2, 0.25) is 0 Å². The third-order valence-electron chi connectivity index (χ3n) is 4.10. The SMILES string of the molecule is Oc1c(Br)cc(-c2nnc3nc4[nH]c5ccccc5c4nn23)c(Br)c1O. The highest BCUT2D eigenvalue weighted by Crippen LogP contribution is 2.44. The Hall–Kier alpha value is -2.72. The van der Waals surface area contributed by atoms with Gasteiger partial charge in [-0.1, -0.05) is 18.2 Å². The van der Waals surface area contributed by atoms with Crippen LogP contribution < -0.4 is 0 Å². The Labute approximate surface area is 161 Å². The molecular formula is C16H8Br2N6O2. The number of hydrogen-bond acceptors (Lipinski definition) is 6. The molecule has 0 aliphatic carbocycles. The van der Waals surface area contributed by atoms with E-state index in [9.17, 15) is 10.2 Å². The maximum atomic E-state index is 10.1. The smallest absolute Gasteiger partial charge is 0.274 e. The van der Waals surface area contributed by atoms with Crippen molar-refractivity contribution in [3.63, 3.8) is 0 Å². The van der Waals surface area contributed by atoms with Gasteiger partial charge in [0, 0.05) is 16.5 Å². The zero-order valence-corrected chi connectivity index (χ0v) is 15.9. The van der Waals surface area contributed by atoms with E-state index in [2.05, 4.69) is 57.1 Å². The highest BCUT2D eigenvalue weighted by Gasteiger charge is 2.21. The number of nitrogens with zero attached hydrogens (tertiary/aromatic N) is 5. The fourth-order valence-corrected chi connectivity index (χ4v) is 3.76. The van der Waals surface area contributed by atoms with Crippen LogP contribution in [0.25, 0.3) is 39.2 Å². The number of para-hydroxylation sites is 1. The highest BCUT2D eigenvalue weighted by atomic mass is 79.9. The van der Waals surface area contributed by atoms with Crippen molar-refractivity contribution in [2.24, 2.45) is 0 Å².